The van der Waals surface area contributed by atoms with Gasteiger partial charge in [-0.1, -0.05) is 18.2 Å². The Morgan fingerprint density at radius 2 is 1.94 bits per heavy atom. The summed E-state index contributed by atoms with van der Waals surface area (Å²) in [4.78, 5) is 26.0. The van der Waals surface area contributed by atoms with Crippen molar-refractivity contribution in [1.82, 2.24) is 0 Å². The monoisotopic (exact) mass is 462 g/mol. The van der Waals surface area contributed by atoms with Gasteiger partial charge in [-0.25, -0.2) is 0 Å². The van der Waals surface area contributed by atoms with E-state index in [4.69, 9.17) is 9.47 Å². The Morgan fingerprint density at radius 3 is 2.67 bits per heavy atom. The minimum absolute atomic E-state index is 0.128. The van der Waals surface area contributed by atoms with E-state index in [1.807, 2.05) is 49.6 Å². The molecule has 1 atom stereocenters. The summed E-state index contributed by atoms with van der Waals surface area (Å²) in [5.41, 5.74) is 2.97. The molecule has 33 heavy (non-hydrogen) atoms. The number of anilines is 2. The molecule has 0 radical (unpaired) electrons. The molecule has 1 aliphatic rings. The van der Waals surface area contributed by atoms with E-state index in [1.54, 1.807) is 24.3 Å². The van der Waals surface area contributed by atoms with Crippen LogP contribution in [0.25, 0.3) is 6.08 Å². The van der Waals surface area contributed by atoms with E-state index in [0.29, 0.717) is 24.4 Å². The van der Waals surface area contributed by atoms with Crippen LogP contribution in [0, 0.1) is 0 Å². The fourth-order valence-electron chi connectivity index (χ4n) is 3.67. The second-order valence-corrected chi connectivity index (χ2v) is 8.77. The van der Waals surface area contributed by atoms with Gasteiger partial charge in [0, 0.05) is 28.5 Å². The zero-order valence-corrected chi connectivity index (χ0v) is 19.4. The molecule has 2 heterocycles. The molecule has 3 aromatic rings. The molecule has 0 bridgehead atoms. The summed E-state index contributed by atoms with van der Waals surface area (Å²) < 4.78 is 11.6. The van der Waals surface area contributed by atoms with E-state index < -0.39 is 0 Å². The standard InChI is InChI=1S/C26H26N2O4S/c1-3-31-23-15-19-13-17(2)32-24(19)14-18(23)10-11-25(29)27-21-8-4-5-9-22(21)28-26(30)16-20-7-6-12-33-20/h4-12,14-15,17H,3,13,16H2,1-2H3,(H,27,29)(H,28,30). The second kappa shape index (κ2) is 10.4. The summed E-state index contributed by atoms with van der Waals surface area (Å²) in [6, 6.07) is 14.9. The van der Waals surface area contributed by atoms with Gasteiger partial charge in [0.15, 0.2) is 0 Å². The van der Waals surface area contributed by atoms with Crippen molar-refractivity contribution in [3.05, 3.63) is 76.0 Å². The number of rotatable bonds is 8. The Morgan fingerprint density at radius 1 is 1.15 bits per heavy atom. The number of carbonyl (C=O) groups is 2. The maximum atomic E-state index is 12.7. The van der Waals surface area contributed by atoms with Crippen LogP contribution in [0.5, 0.6) is 11.5 Å². The number of para-hydroxylation sites is 2. The smallest absolute Gasteiger partial charge is 0.248 e. The summed E-state index contributed by atoms with van der Waals surface area (Å²) in [5.74, 6) is 1.10. The number of benzene rings is 2. The molecule has 0 fully saturated rings. The van der Waals surface area contributed by atoms with E-state index in [9.17, 15) is 9.59 Å². The Hall–Kier alpha value is -3.58. The molecule has 7 heteroatoms. The molecule has 0 aliphatic carbocycles. The molecule has 1 aromatic heterocycles. The summed E-state index contributed by atoms with van der Waals surface area (Å²) in [5, 5.41) is 7.66. The summed E-state index contributed by atoms with van der Waals surface area (Å²) in [7, 11) is 0. The lowest BCUT2D eigenvalue weighted by molar-refractivity contribution is -0.115. The van der Waals surface area contributed by atoms with Crippen LogP contribution in [0.1, 0.15) is 29.9 Å². The highest BCUT2D eigenvalue weighted by Crippen LogP contribution is 2.35. The fourth-order valence-corrected chi connectivity index (χ4v) is 4.38. The molecule has 170 valence electrons. The first-order chi connectivity index (χ1) is 16.0. The predicted molar refractivity (Wildman–Crippen MR) is 132 cm³/mol. The van der Waals surface area contributed by atoms with Crippen molar-refractivity contribution in [2.45, 2.75) is 32.8 Å². The van der Waals surface area contributed by atoms with Crippen molar-refractivity contribution in [1.29, 1.82) is 0 Å². The first-order valence-electron chi connectivity index (χ1n) is 10.9. The maximum Gasteiger partial charge on any atom is 0.248 e. The molecule has 2 N–H and O–H groups in total. The number of nitrogens with one attached hydrogen (secondary N) is 2. The van der Waals surface area contributed by atoms with E-state index >= 15 is 0 Å². The van der Waals surface area contributed by atoms with Crippen molar-refractivity contribution < 1.29 is 19.1 Å². The van der Waals surface area contributed by atoms with Crippen LogP contribution >= 0.6 is 11.3 Å². The molecule has 0 saturated carbocycles. The van der Waals surface area contributed by atoms with Crippen LogP contribution in [0.4, 0.5) is 11.4 Å². The number of fused-ring (bicyclic) bond motifs is 1. The molecular formula is C26H26N2O4S. The molecule has 2 amide bonds. The Kier molecular flexibility index (Phi) is 7.10. The van der Waals surface area contributed by atoms with Crippen LogP contribution < -0.4 is 20.1 Å². The van der Waals surface area contributed by atoms with Gasteiger partial charge in [-0.2, -0.15) is 0 Å². The summed E-state index contributed by atoms with van der Waals surface area (Å²) in [6.45, 7) is 4.48. The highest BCUT2D eigenvalue weighted by Gasteiger charge is 2.21. The van der Waals surface area contributed by atoms with Crippen LogP contribution in [-0.2, 0) is 22.4 Å². The summed E-state index contributed by atoms with van der Waals surface area (Å²) in [6.07, 6.45) is 4.43. The molecule has 4 rings (SSSR count). The van der Waals surface area contributed by atoms with Crippen LogP contribution in [0.2, 0.25) is 0 Å². The zero-order valence-electron chi connectivity index (χ0n) is 18.6. The van der Waals surface area contributed by atoms with Gasteiger partial charge in [-0.05, 0) is 55.6 Å². The first kappa shape index (κ1) is 22.6. The predicted octanol–water partition coefficient (Wildman–Crippen LogP) is 5.30. The zero-order chi connectivity index (χ0) is 23.2. The number of hydrogen-bond donors (Lipinski definition) is 2. The third kappa shape index (κ3) is 5.81. The van der Waals surface area contributed by atoms with Gasteiger partial charge in [0.2, 0.25) is 11.8 Å². The number of hydrogen-bond acceptors (Lipinski definition) is 5. The molecular weight excluding hydrogens is 436 g/mol. The largest absolute Gasteiger partial charge is 0.493 e. The van der Waals surface area contributed by atoms with Crippen LogP contribution in [-0.4, -0.2) is 24.5 Å². The molecule has 1 unspecified atom stereocenters. The number of amides is 2. The molecule has 0 spiro atoms. The van der Waals surface area contributed by atoms with Gasteiger partial charge in [0.1, 0.15) is 17.6 Å². The molecule has 0 saturated heterocycles. The van der Waals surface area contributed by atoms with Crippen molar-refractivity contribution in [2.75, 3.05) is 17.2 Å². The average molecular weight is 463 g/mol. The molecule has 1 aliphatic heterocycles. The van der Waals surface area contributed by atoms with Crippen molar-refractivity contribution in [3.63, 3.8) is 0 Å². The highest BCUT2D eigenvalue weighted by atomic mass is 32.1. The lowest BCUT2D eigenvalue weighted by Gasteiger charge is -2.12. The second-order valence-electron chi connectivity index (χ2n) is 7.74. The van der Waals surface area contributed by atoms with E-state index in [-0.39, 0.29) is 17.9 Å². The number of thiophene rings is 1. The SMILES string of the molecule is CCOc1cc2c(cc1C=CC(=O)Nc1ccccc1NC(=O)Cc1cccs1)OC(C)C2. The fraction of sp³-hybridized carbons (Fsp3) is 0.231. The van der Waals surface area contributed by atoms with Crippen molar-refractivity contribution in [2.24, 2.45) is 0 Å². The average Bonchev–Trinajstić information content (AvgIpc) is 3.42. The third-order valence-corrected chi connectivity index (χ3v) is 5.99. The lowest BCUT2D eigenvalue weighted by Crippen LogP contribution is -2.16. The van der Waals surface area contributed by atoms with Gasteiger partial charge in [0.25, 0.3) is 0 Å². The Balaban J connectivity index is 1.45. The van der Waals surface area contributed by atoms with Crippen molar-refractivity contribution >= 4 is 40.6 Å². The molecule has 2 aromatic carbocycles. The van der Waals surface area contributed by atoms with E-state index in [2.05, 4.69) is 10.6 Å². The van der Waals surface area contributed by atoms with Crippen LogP contribution in [0.3, 0.4) is 0 Å². The van der Waals surface area contributed by atoms with Gasteiger partial charge in [0.05, 0.1) is 24.4 Å². The van der Waals surface area contributed by atoms with Gasteiger partial charge >= 0.3 is 0 Å². The van der Waals surface area contributed by atoms with Crippen LogP contribution in [0.15, 0.2) is 60.0 Å². The van der Waals surface area contributed by atoms with Gasteiger partial charge in [-0.3, -0.25) is 9.59 Å². The van der Waals surface area contributed by atoms with Crippen molar-refractivity contribution in [3.8, 4) is 11.5 Å². The van der Waals surface area contributed by atoms with E-state index in [0.717, 1.165) is 33.9 Å². The Bertz CT molecular complexity index is 1170. The maximum absolute atomic E-state index is 12.7. The Labute approximate surface area is 197 Å². The number of carbonyl (C=O) groups excluding carboxylic acids is 2. The minimum atomic E-state index is -0.313. The molecule has 6 nitrogen and oxygen atoms in total. The summed E-state index contributed by atoms with van der Waals surface area (Å²) >= 11 is 1.53. The first-order valence-corrected chi connectivity index (χ1v) is 11.8. The van der Waals surface area contributed by atoms with Gasteiger partial charge < -0.3 is 20.1 Å². The highest BCUT2D eigenvalue weighted by molar-refractivity contribution is 7.10. The topological polar surface area (TPSA) is 76.7 Å². The van der Waals surface area contributed by atoms with E-state index in [1.165, 1.54) is 17.4 Å². The minimum Gasteiger partial charge on any atom is -0.493 e. The number of ether oxygens (including phenoxy) is 2. The normalized spacial score (nSPS) is 14.5. The van der Waals surface area contributed by atoms with Gasteiger partial charge in [-0.15, -0.1) is 11.3 Å². The third-order valence-electron chi connectivity index (χ3n) is 5.12. The quantitative estimate of drug-likeness (QED) is 0.445. The lowest BCUT2D eigenvalue weighted by atomic mass is 10.1.